The van der Waals surface area contributed by atoms with Crippen LogP contribution in [0.1, 0.15) is 42.6 Å². The largest absolute Gasteiger partial charge is 0.381 e. The molecule has 3 aromatic rings. The highest BCUT2D eigenvalue weighted by Crippen LogP contribution is 2.33. The van der Waals surface area contributed by atoms with E-state index in [1.54, 1.807) is 13.2 Å². The van der Waals surface area contributed by atoms with Gasteiger partial charge < -0.3 is 15.6 Å². The van der Waals surface area contributed by atoms with E-state index in [1.807, 2.05) is 24.4 Å². The van der Waals surface area contributed by atoms with Crippen molar-refractivity contribution in [1.82, 2.24) is 20.2 Å². The molecule has 0 saturated carbocycles. The molecule has 1 aliphatic rings. The average molecular weight is 426 g/mol. The van der Waals surface area contributed by atoms with Gasteiger partial charge in [-0.05, 0) is 50.5 Å². The van der Waals surface area contributed by atoms with Crippen LogP contribution in [0, 0.1) is 0 Å². The minimum atomic E-state index is -0.132. The standard InChI is InChI=1S/C23H28ClN5O/c1-23(2)12-17(9-11-29(23)14-15-4-6-16(24)7-5-15)28-20-18-8-10-26-21(18)27-13-19(20)22(30)25-3/h4-8,10,13,17H,9,11-12,14H2,1-3H3,(H,25,30)(H2,26,27,28). The predicted molar refractivity (Wildman–Crippen MR) is 122 cm³/mol. The molecular weight excluding hydrogens is 398 g/mol. The lowest BCUT2D eigenvalue weighted by molar-refractivity contribution is 0.0630. The third-order valence-electron chi connectivity index (χ3n) is 6.04. The van der Waals surface area contributed by atoms with Crippen molar-refractivity contribution in [3.63, 3.8) is 0 Å². The fraction of sp³-hybridized carbons (Fsp3) is 0.391. The lowest BCUT2D eigenvalue weighted by atomic mass is 9.86. The Morgan fingerprint density at radius 1 is 1.30 bits per heavy atom. The van der Waals surface area contributed by atoms with Crippen molar-refractivity contribution in [2.75, 3.05) is 18.9 Å². The van der Waals surface area contributed by atoms with Crippen molar-refractivity contribution in [2.45, 2.75) is 44.8 Å². The Bertz CT molecular complexity index is 1040. The summed E-state index contributed by atoms with van der Waals surface area (Å²) in [5.74, 6) is -0.132. The second-order valence-electron chi connectivity index (χ2n) is 8.56. The van der Waals surface area contributed by atoms with E-state index >= 15 is 0 Å². The zero-order valence-corrected chi connectivity index (χ0v) is 18.4. The van der Waals surface area contributed by atoms with Gasteiger partial charge in [-0.15, -0.1) is 0 Å². The lowest BCUT2D eigenvalue weighted by Crippen LogP contribution is -2.52. The maximum absolute atomic E-state index is 12.4. The number of hydrogen-bond donors (Lipinski definition) is 3. The third-order valence-corrected chi connectivity index (χ3v) is 6.29. The molecule has 0 aliphatic carbocycles. The molecule has 0 radical (unpaired) electrons. The minimum absolute atomic E-state index is 0.0209. The molecule has 0 bridgehead atoms. The molecule has 1 atom stereocenters. The number of rotatable bonds is 5. The fourth-order valence-electron chi connectivity index (χ4n) is 4.35. The number of pyridine rings is 1. The molecule has 1 fully saturated rings. The molecule has 1 unspecified atom stereocenters. The molecule has 30 heavy (non-hydrogen) atoms. The highest BCUT2D eigenvalue weighted by molar-refractivity contribution is 6.30. The summed E-state index contributed by atoms with van der Waals surface area (Å²) in [7, 11) is 1.64. The number of anilines is 1. The molecular formula is C23H28ClN5O. The number of benzene rings is 1. The second-order valence-corrected chi connectivity index (χ2v) is 9.00. The second kappa shape index (κ2) is 8.28. The van der Waals surface area contributed by atoms with Gasteiger partial charge in [-0.3, -0.25) is 9.69 Å². The summed E-state index contributed by atoms with van der Waals surface area (Å²) < 4.78 is 0. The molecule has 7 heteroatoms. The maximum atomic E-state index is 12.4. The van der Waals surface area contributed by atoms with Crippen LogP contribution < -0.4 is 10.6 Å². The number of nitrogens with one attached hydrogen (secondary N) is 3. The Kier molecular flexibility index (Phi) is 5.71. The Labute approximate surface area is 182 Å². The Balaban J connectivity index is 1.53. The number of aromatic amines is 1. The number of carbonyl (C=O) groups excluding carboxylic acids is 1. The van der Waals surface area contributed by atoms with Crippen LogP contribution in [-0.2, 0) is 6.54 Å². The number of aromatic nitrogens is 2. The van der Waals surface area contributed by atoms with E-state index in [0.29, 0.717) is 5.56 Å². The molecule has 2 aromatic heterocycles. The van der Waals surface area contributed by atoms with E-state index in [9.17, 15) is 4.79 Å². The van der Waals surface area contributed by atoms with Gasteiger partial charge in [-0.1, -0.05) is 23.7 Å². The summed E-state index contributed by atoms with van der Waals surface area (Å²) in [5.41, 5.74) is 3.50. The summed E-state index contributed by atoms with van der Waals surface area (Å²) in [5, 5.41) is 8.11. The lowest BCUT2D eigenvalue weighted by Gasteiger charge is -2.46. The molecule has 1 saturated heterocycles. The molecule has 0 spiro atoms. The number of piperidine rings is 1. The van der Waals surface area contributed by atoms with Crippen LogP contribution in [0.4, 0.5) is 5.69 Å². The first-order chi connectivity index (χ1) is 14.4. The van der Waals surface area contributed by atoms with Crippen LogP contribution >= 0.6 is 11.6 Å². The van der Waals surface area contributed by atoms with Crippen molar-refractivity contribution in [1.29, 1.82) is 0 Å². The van der Waals surface area contributed by atoms with Crippen LogP contribution in [0.3, 0.4) is 0 Å². The van der Waals surface area contributed by atoms with E-state index in [4.69, 9.17) is 11.6 Å². The third kappa shape index (κ3) is 4.16. The van der Waals surface area contributed by atoms with Gasteiger partial charge in [0.2, 0.25) is 0 Å². The van der Waals surface area contributed by atoms with Crippen LogP contribution in [-0.4, -0.2) is 45.9 Å². The summed E-state index contributed by atoms with van der Waals surface area (Å²) in [6.45, 7) is 6.45. The van der Waals surface area contributed by atoms with E-state index in [0.717, 1.165) is 47.7 Å². The first kappa shape index (κ1) is 20.7. The van der Waals surface area contributed by atoms with Gasteiger partial charge in [0, 0.05) is 54.5 Å². The van der Waals surface area contributed by atoms with E-state index in [1.165, 1.54) is 5.56 Å². The SMILES string of the molecule is CNC(=O)c1cnc2[nH]ccc2c1NC1CCN(Cc2ccc(Cl)cc2)C(C)(C)C1. The molecule has 158 valence electrons. The number of hydrogen-bond acceptors (Lipinski definition) is 4. The van der Waals surface area contributed by atoms with Crippen molar-refractivity contribution in [3.05, 3.63) is 58.9 Å². The zero-order chi connectivity index (χ0) is 21.3. The number of amides is 1. The van der Waals surface area contributed by atoms with Gasteiger partial charge in [0.15, 0.2) is 0 Å². The number of nitrogens with zero attached hydrogens (tertiary/aromatic N) is 2. The van der Waals surface area contributed by atoms with Crippen molar-refractivity contribution in [2.24, 2.45) is 0 Å². The van der Waals surface area contributed by atoms with E-state index < -0.39 is 0 Å². The quantitative estimate of drug-likeness (QED) is 0.565. The molecule has 3 N–H and O–H groups in total. The topological polar surface area (TPSA) is 73.0 Å². The molecule has 1 aliphatic heterocycles. The predicted octanol–water partition coefficient (Wildman–Crippen LogP) is 4.43. The molecule has 3 heterocycles. The summed E-state index contributed by atoms with van der Waals surface area (Å²) in [6, 6.07) is 10.3. The normalized spacial score (nSPS) is 19.0. The van der Waals surface area contributed by atoms with Crippen molar-refractivity contribution < 1.29 is 4.79 Å². The molecule has 4 rings (SSSR count). The van der Waals surface area contributed by atoms with Gasteiger partial charge in [-0.25, -0.2) is 4.98 Å². The first-order valence-corrected chi connectivity index (χ1v) is 10.7. The average Bonchev–Trinajstić information content (AvgIpc) is 3.20. The summed E-state index contributed by atoms with van der Waals surface area (Å²) in [4.78, 5) is 22.5. The summed E-state index contributed by atoms with van der Waals surface area (Å²) in [6.07, 6.45) is 5.47. The molecule has 6 nitrogen and oxygen atoms in total. The molecule has 1 amide bonds. The Hall–Kier alpha value is -2.57. The highest BCUT2D eigenvalue weighted by Gasteiger charge is 2.35. The van der Waals surface area contributed by atoms with Gasteiger partial charge in [0.25, 0.3) is 5.91 Å². The first-order valence-electron chi connectivity index (χ1n) is 10.3. The summed E-state index contributed by atoms with van der Waals surface area (Å²) >= 11 is 6.03. The minimum Gasteiger partial charge on any atom is -0.381 e. The zero-order valence-electron chi connectivity index (χ0n) is 17.6. The number of fused-ring (bicyclic) bond motifs is 1. The van der Waals surface area contributed by atoms with E-state index in [2.05, 4.69) is 51.5 Å². The van der Waals surface area contributed by atoms with Gasteiger partial charge in [0.05, 0.1) is 11.3 Å². The Morgan fingerprint density at radius 2 is 2.07 bits per heavy atom. The monoisotopic (exact) mass is 425 g/mol. The van der Waals surface area contributed by atoms with Gasteiger partial charge >= 0.3 is 0 Å². The molecule has 1 aromatic carbocycles. The maximum Gasteiger partial charge on any atom is 0.254 e. The number of halogens is 1. The van der Waals surface area contributed by atoms with Crippen molar-refractivity contribution in [3.8, 4) is 0 Å². The van der Waals surface area contributed by atoms with Crippen LogP contribution in [0.25, 0.3) is 11.0 Å². The number of carbonyl (C=O) groups is 1. The van der Waals surface area contributed by atoms with Crippen LogP contribution in [0.15, 0.2) is 42.7 Å². The smallest absolute Gasteiger partial charge is 0.254 e. The fourth-order valence-corrected chi connectivity index (χ4v) is 4.48. The number of likely N-dealkylation sites (tertiary alicyclic amines) is 1. The number of H-pyrrole nitrogens is 1. The van der Waals surface area contributed by atoms with Gasteiger partial charge in [0.1, 0.15) is 5.65 Å². The van der Waals surface area contributed by atoms with Crippen molar-refractivity contribution >= 4 is 34.2 Å². The van der Waals surface area contributed by atoms with E-state index in [-0.39, 0.29) is 17.5 Å². The van der Waals surface area contributed by atoms with Gasteiger partial charge in [-0.2, -0.15) is 0 Å². The van der Waals surface area contributed by atoms with Crippen LogP contribution in [0.2, 0.25) is 5.02 Å². The Morgan fingerprint density at radius 3 is 2.77 bits per heavy atom. The highest BCUT2D eigenvalue weighted by atomic mass is 35.5. The van der Waals surface area contributed by atoms with Crippen LogP contribution in [0.5, 0.6) is 0 Å².